The fourth-order valence-corrected chi connectivity index (χ4v) is 4.01. The van der Waals surface area contributed by atoms with E-state index in [9.17, 15) is 4.79 Å². The minimum absolute atomic E-state index is 0.0469. The third-order valence-electron chi connectivity index (χ3n) is 6.21. The zero-order valence-electron chi connectivity index (χ0n) is 19.7. The quantitative estimate of drug-likeness (QED) is 0.448. The first-order chi connectivity index (χ1) is 15.9. The van der Waals surface area contributed by atoms with Gasteiger partial charge in [0.25, 0.3) is 0 Å². The SMILES string of the molecule is CCN(C)c1nccc(N2CCC(Oc3ccc([C@H](C)CC(=O)c4cnoc4C)cc3)C2)n1. The number of ketones is 1. The molecule has 0 aliphatic carbocycles. The fourth-order valence-electron chi connectivity index (χ4n) is 4.01. The van der Waals surface area contributed by atoms with E-state index >= 15 is 0 Å². The number of hydrogen-bond acceptors (Lipinski definition) is 8. The predicted octanol–water partition coefficient (Wildman–Crippen LogP) is 4.26. The van der Waals surface area contributed by atoms with Crippen LogP contribution in [0.25, 0.3) is 0 Å². The van der Waals surface area contributed by atoms with Crippen molar-refractivity contribution >= 4 is 17.5 Å². The summed E-state index contributed by atoms with van der Waals surface area (Å²) in [5.41, 5.74) is 1.66. The fraction of sp³-hybridized carbons (Fsp3) is 0.440. The molecule has 1 aliphatic rings. The first-order valence-corrected chi connectivity index (χ1v) is 11.4. The molecular weight excluding hydrogens is 418 g/mol. The molecule has 4 rings (SSSR count). The van der Waals surface area contributed by atoms with E-state index in [2.05, 4.69) is 28.9 Å². The standard InChI is InChI=1S/C25H31N5O3/c1-5-29(4)25-26-12-10-24(28-25)30-13-11-21(16-30)32-20-8-6-19(7-9-20)17(2)14-23(31)22-15-27-33-18(22)3/h6-10,12,15,17,21H,5,11,13-14,16H2,1-4H3/t17-,21?/m1/s1. The molecular formula is C25H31N5O3. The van der Waals surface area contributed by atoms with E-state index in [-0.39, 0.29) is 17.8 Å². The van der Waals surface area contributed by atoms with Crippen LogP contribution in [0.1, 0.15) is 54.3 Å². The molecule has 1 unspecified atom stereocenters. The molecule has 33 heavy (non-hydrogen) atoms. The van der Waals surface area contributed by atoms with Gasteiger partial charge in [-0.3, -0.25) is 4.79 Å². The van der Waals surface area contributed by atoms with Gasteiger partial charge in [0.2, 0.25) is 5.95 Å². The molecule has 3 aromatic rings. The highest BCUT2D eigenvalue weighted by molar-refractivity contribution is 5.97. The van der Waals surface area contributed by atoms with Gasteiger partial charge in [0.05, 0.1) is 18.3 Å². The zero-order chi connectivity index (χ0) is 23.4. The lowest BCUT2D eigenvalue weighted by atomic mass is 9.93. The van der Waals surface area contributed by atoms with Crippen molar-refractivity contribution in [1.29, 1.82) is 0 Å². The number of Topliss-reactive ketones (excluding diaryl/α,β-unsaturated/α-hetero) is 1. The van der Waals surface area contributed by atoms with Gasteiger partial charge in [0.15, 0.2) is 5.78 Å². The van der Waals surface area contributed by atoms with Gasteiger partial charge < -0.3 is 19.1 Å². The first kappa shape index (κ1) is 22.8. The highest BCUT2D eigenvalue weighted by Crippen LogP contribution is 2.27. The van der Waals surface area contributed by atoms with Gasteiger partial charge in [-0.05, 0) is 43.5 Å². The zero-order valence-corrected chi connectivity index (χ0v) is 19.7. The van der Waals surface area contributed by atoms with Gasteiger partial charge >= 0.3 is 0 Å². The summed E-state index contributed by atoms with van der Waals surface area (Å²) in [6.45, 7) is 8.44. The van der Waals surface area contributed by atoms with Crippen LogP contribution in [0, 0.1) is 6.92 Å². The summed E-state index contributed by atoms with van der Waals surface area (Å²) in [6, 6.07) is 10.0. The van der Waals surface area contributed by atoms with Gasteiger partial charge in [0.1, 0.15) is 23.4 Å². The largest absolute Gasteiger partial charge is 0.489 e. The second-order valence-electron chi connectivity index (χ2n) is 8.60. The highest BCUT2D eigenvalue weighted by Gasteiger charge is 2.26. The molecule has 0 radical (unpaired) electrons. The lowest BCUT2D eigenvalue weighted by molar-refractivity contribution is 0.0974. The molecule has 2 atom stereocenters. The number of carbonyl (C=O) groups is 1. The van der Waals surface area contributed by atoms with Crippen LogP contribution in [0.3, 0.4) is 0 Å². The molecule has 1 saturated heterocycles. The minimum Gasteiger partial charge on any atom is -0.489 e. The molecule has 174 valence electrons. The number of nitrogens with zero attached hydrogens (tertiary/aromatic N) is 5. The Kier molecular flexibility index (Phi) is 6.91. The number of rotatable bonds is 9. The molecule has 1 aliphatic heterocycles. The maximum Gasteiger partial charge on any atom is 0.226 e. The third kappa shape index (κ3) is 5.32. The molecule has 1 fully saturated rings. The van der Waals surface area contributed by atoms with Crippen LogP contribution >= 0.6 is 0 Å². The predicted molar refractivity (Wildman–Crippen MR) is 127 cm³/mol. The minimum atomic E-state index is 0.0469. The van der Waals surface area contributed by atoms with Gasteiger partial charge in [-0.1, -0.05) is 24.2 Å². The second-order valence-corrected chi connectivity index (χ2v) is 8.60. The number of carbonyl (C=O) groups excluding carboxylic acids is 1. The normalized spacial score (nSPS) is 16.6. The van der Waals surface area contributed by atoms with E-state index in [4.69, 9.17) is 14.2 Å². The van der Waals surface area contributed by atoms with Gasteiger partial charge in [-0.25, -0.2) is 4.98 Å². The van der Waals surface area contributed by atoms with E-state index in [1.54, 1.807) is 6.92 Å². The Morgan fingerprint density at radius 3 is 2.79 bits per heavy atom. The van der Waals surface area contributed by atoms with Crippen molar-refractivity contribution in [1.82, 2.24) is 15.1 Å². The Morgan fingerprint density at radius 2 is 2.09 bits per heavy atom. The molecule has 0 saturated carbocycles. The summed E-state index contributed by atoms with van der Waals surface area (Å²) in [5, 5.41) is 3.70. The van der Waals surface area contributed by atoms with Crippen LogP contribution < -0.4 is 14.5 Å². The second kappa shape index (κ2) is 10.0. The summed E-state index contributed by atoms with van der Waals surface area (Å²) in [5.74, 6) is 3.22. The molecule has 8 heteroatoms. The van der Waals surface area contributed by atoms with Crippen LogP contribution in [0.15, 0.2) is 47.2 Å². The summed E-state index contributed by atoms with van der Waals surface area (Å²) in [4.78, 5) is 25.8. The van der Waals surface area contributed by atoms with Gasteiger partial charge in [0, 0.05) is 39.2 Å². The molecule has 0 bridgehead atoms. The van der Waals surface area contributed by atoms with E-state index in [1.807, 2.05) is 48.5 Å². The Labute approximate surface area is 194 Å². The van der Waals surface area contributed by atoms with Crippen molar-refractivity contribution in [3.8, 4) is 5.75 Å². The van der Waals surface area contributed by atoms with Crippen molar-refractivity contribution in [3.63, 3.8) is 0 Å². The topological polar surface area (TPSA) is 84.6 Å². The Morgan fingerprint density at radius 1 is 1.30 bits per heavy atom. The van der Waals surface area contributed by atoms with Gasteiger partial charge in [-0.2, -0.15) is 4.98 Å². The number of ether oxygens (including phenoxy) is 1. The average Bonchev–Trinajstić information content (AvgIpc) is 3.48. The molecule has 2 aromatic heterocycles. The van der Waals surface area contributed by atoms with E-state index < -0.39 is 0 Å². The summed E-state index contributed by atoms with van der Waals surface area (Å²) in [6.07, 6.45) is 4.76. The Hall–Kier alpha value is -3.42. The Balaban J connectivity index is 1.32. The van der Waals surface area contributed by atoms with Crippen LogP contribution in [0.2, 0.25) is 0 Å². The maximum absolute atomic E-state index is 12.5. The summed E-state index contributed by atoms with van der Waals surface area (Å²) >= 11 is 0. The van der Waals surface area contributed by atoms with E-state index in [1.165, 1.54) is 6.20 Å². The first-order valence-electron chi connectivity index (χ1n) is 11.4. The molecule has 0 spiro atoms. The number of anilines is 2. The van der Waals surface area contributed by atoms with Crippen molar-refractivity contribution in [2.75, 3.05) is 36.5 Å². The van der Waals surface area contributed by atoms with Crippen LogP contribution in [-0.2, 0) is 0 Å². The highest BCUT2D eigenvalue weighted by atomic mass is 16.5. The van der Waals surface area contributed by atoms with Crippen molar-refractivity contribution in [3.05, 3.63) is 59.6 Å². The lowest BCUT2D eigenvalue weighted by Gasteiger charge is -2.20. The van der Waals surface area contributed by atoms with Crippen LogP contribution in [0.5, 0.6) is 5.75 Å². The Bertz CT molecular complexity index is 1080. The number of aromatic nitrogens is 3. The van der Waals surface area contributed by atoms with Crippen LogP contribution in [0.4, 0.5) is 11.8 Å². The molecule has 3 heterocycles. The molecule has 1 aromatic carbocycles. The van der Waals surface area contributed by atoms with Crippen LogP contribution in [-0.4, -0.2) is 53.7 Å². The number of aryl methyl sites for hydroxylation is 1. The number of hydrogen-bond donors (Lipinski definition) is 0. The summed E-state index contributed by atoms with van der Waals surface area (Å²) in [7, 11) is 1.99. The van der Waals surface area contributed by atoms with E-state index in [0.717, 1.165) is 49.1 Å². The van der Waals surface area contributed by atoms with E-state index in [0.29, 0.717) is 17.7 Å². The monoisotopic (exact) mass is 449 g/mol. The average molecular weight is 450 g/mol. The van der Waals surface area contributed by atoms with Crippen molar-refractivity contribution < 1.29 is 14.1 Å². The van der Waals surface area contributed by atoms with Crippen molar-refractivity contribution in [2.45, 2.75) is 45.6 Å². The lowest BCUT2D eigenvalue weighted by Crippen LogP contribution is -2.26. The molecule has 0 amide bonds. The number of benzene rings is 1. The maximum atomic E-state index is 12.5. The smallest absolute Gasteiger partial charge is 0.226 e. The molecule has 0 N–H and O–H groups in total. The van der Waals surface area contributed by atoms with Gasteiger partial charge in [-0.15, -0.1) is 0 Å². The van der Waals surface area contributed by atoms with Crippen molar-refractivity contribution in [2.24, 2.45) is 0 Å². The third-order valence-corrected chi connectivity index (χ3v) is 6.21. The summed E-state index contributed by atoms with van der Waals surface area (Å²) < 4.78 is 11.2. The molecule has 8 nitrogen and oxygen atoms in total.